The molecular weight excluding hydrogens is 254 g/mol. The number of carbonyl (C=O) groups excluding carboxylic acids is 1. The van der Waals surface area contributed by atoms with Gasteiger partial charge in [-0.25, -0.2) is 0 Å². The molecule has 0 rings (SSSR count). The molecule has 0 aliphatic carbocycles. The topological polar surface area (TPSA) is 29.1 Å². The number of hydrogen-bond donors (Lipinski definition) is 1. The van der Waals surface area contributed by atoms with Crippen LogP contribution in [-0.4, -0.2) is 24.0 Å². The van der Waals surface area contributed by atoms with E-state index in [0.29, 0.717) is 5.75 Å². The van der Waals surface area contributed by atoms with Crippen molar-refractivity contribution < 1.29 is 4.79 Å². The molecule has 3 heteroatoms. The molecule has 0 spiro atoms. The lowest BCUT2D eigenvalue weighted by atomic mass is 10.1. The van der Waals surface area contributed by atoms with Gasteiger partial charge in [-0.1, -0.05) is 65.2 Å². The fourth-order valence-electron chi connectivity index (χ4n) is 1.96. The molecule has 0 unspecified atom stereocenters. The van der Waals surface area contributed by atoms with Crippen LogP contribution in [0.15, 0.2) is 0 Å². The van der Waals surface area contributed by atoms with Crippen molar-refractivity contribution in [3.63, 3.8) is 0 Å². The fourth-order valence-corrected chi connectivity index (χ4v) is 2.80. The molecule has 0 aliphatic rings. The Balaban J connectivity index is 3.07. The lowest BCUT2D eigenvalue weighted by Gasteiger charge is -2.04. The summed E-state index contributed by atoms with van der Waals surface area (Å²) in [6.07, 6.45) is 13.1. The Kier molecular flexibility index (Phi) is 15.7. The average Bonchev–Trinajstić information content (AvgIpc) is 2.41. The molecule has 0 aromatic rings. The second-order valence-corrected chi connectivity index (χ2v) is 6.34. The number of amides is 1. The first kappa shape index (κ1) is 18.8. The minimum atomic E-state index is 0.206. The SMILES string of the molecule is CCCCCCCCCCSCC(=O)NCCCC. The van der Waals surface area contributed by atoms with Crippen molar-refractivity contribution in [2.75, 3.05) is 18.1 Å². The molecule has 1 amide bonds. The third kappa shape index (κ3) is 15.8. The summed E-state index contributed by atoms with van der Waals surface area (Å²) in [7, 11) is 0. The van der Waals surface area contributed by atoms with Crippen molar-refractivity contribution in [1.29, 1.82) is 0 Å². The molecule has 19 heavy (non-hydrogen) atoms. The number of thioether (sulfide) groups is 1. The van der Waals surface area contributed by atoms with Crippen molar-refractivity contribution >= 4 is 17.7 Å². The molecule has 0 aromatic heterocycles. The Hall–Kier alpha value is -0.180. The van der Waals surface area contributed by atoms with Crippen LogP contribution < -0.4 is 5.32 Å². The van der Waals surface area contributed by atoms with E-state index in [0.717, 1.165) is 25.1 Å². The molecule has 0 radical (unpaired) electrons. The van der Waals surface area contributed by atoms with Crippen molar-refractivity contribution in [1.82, 2.24) is 5.32 Å². The first-order chi connectivity index (χ1) is 9.31. The third-order valence-electron chi connectivity index (χ3n) is 3.23. The van der Waals surface area contributed by atoms with E-state index in [1.54, 1.807) is 11.8 Å². The number of unbranched alkanes of at least 4 members (excludes halogenated alkanes) is 8. The van der Waals surface area contributed by atoms with Crippen LogP contribution in [0.4, 0.5) is 0 Å². The summed E-state index contributed by atoms with van der Waals surface area (Å²) in [6.45, 7) is 5.24. The minimum absolute atomic E-state index is 0.206. The fraction of sp³-hybridized carbons (Fsp3) is 0.938. The summed E-state index contributed by atoms with van der Waals surface area (Å²) < 4.78 is 0. The highest BCUT2D eigenvalue weighted by Crippen LogP contribution is 2.11. The summed E-state index contributed by atoms with van der Waals surface area (Å²) in [4.78, 5) is 11.4. The number of hydrogen-bond acceptors (Lipinski definition) is 2. The van der Waals surface area contributed by atoms with Crippen LogP contribution in [0.2, 0.25) is 0 Å². The Labute approximate surface area is 124 Å². The molecule has 2 nitrogen and oxygen atoms in total. The number of nitrogens with one attached hydrogen (secondary N) is 1. The normalized spacial score (nSPS) is 10.6. The predicted molar refractivity (Wildman–Crippen MR) is 87.9 cm³/mol. The first-order valence-corrected chi connectivity index (χ1v) is 9.31. The van der Waals surface area contributed by atoms with E-state index in [-0.39, 0.29) is 5.91 Å². The standard InChI is InChI=1S/C16H33NOS/c1-3-5-7-8-9-10-11-12-14-19-15-16(18)17-13-6-4-2/h3-15H2,1-2H3,(H,17,18). The van der Waals surface area contributed by atoms with Crippen molar-refractivity contribution in [2.45, 2.75) is 78.1 Å². The Morgan fingerprint density at radius 3 is 2.05 bits per heavy atom. The van der Waals surface area contributed by atoms with E-state index in [4.69, 9.17) is 0 Å². The van der Waals surface area contributed by atoms with Crippen molar-refractivity contribution in [2.24, 2.45) is 0 Å². The Morgan fingerprint density at radius 2 is 1.42 bits per heavy atom. The highest BCUT2D eigenvalue weighted by molar-refractivity contribution is 7.99. The summed E-state index contributed by atoms with van der Waals surface area (Å²) in [5.41, 5.74) is 0. The van der Waals surface area contributed by atoms with Gasteiger partial charge in [-0.3, -0.25) is 4.79 Å². The van der Waals surface area contributed by atoms with Crippen molar-refractivity contribution in [3.8, 4) is 0 Å². The van der Waals surface area contributed by atoms with Crippen LogP contribution in [0.5, 0.6) is 0 Å². The molecule has 0 bridgehead atoms. The van der Waals surface area contributed by atoms with Crippen LogP contribution >= 0.6 is 11.8 Å². The quantitative estimate of drug-likeness (QED) is 0.466. The van der Waals surface area contributed by atoms with Gasteiger partial charge in [0.15, 0.2) is 0 Å². The first-order valence-electron chi connectivity index (χ1n) is 8.15. The van der Waals surface area contributed by atoms with Gasteiger partial charge in [0.25, 0.3) is 0 Å². The maximum atomic E-state index is 11.4. The van der Waals surface area contributed by atoms with Gasteiger partial charge in [0.2, 0.25) is 5.91 Å². The summed E-state index contributed by atoms with van der Waals surface area (Å²) in [6, 6.07) is 0. The molecule has 0 saturated carbocycles. The lowest BCUT2D eigenvalue weighted by molar-refractivity contribution is -0.118. The minimum Gasteiger partial charge on any atom is -0.355 e. The van der Waals surface area contributed by atoms with Gasteiger partial charge in [-0.05, 0) is 18.6 Å². The van der Waals surface area contributed by atoms with E-state index < -0.39 is 0 Å². The third-order valence-corrected chi connectivity index (χ3v) is 4.27. The van der Waals surface area contributed by atoms with Gasteiger partial charge in [0.05, 0.1) is 5.75 Å². The molecule has 114 valence electrons. The Bertz CT molecular complexity index is 197. The number of carbonyl (C=O) groups is 1. The van der Waals surface area contributed by atoms with Crippen LogP contribution in [0.25, 0.3) is 0 Å². The van der Waals surface area contributed by atoms with Gasteiger partial charge in [0, 0.05) is 6.54 Å². The second-order valence-electron chi connectivity index (χ2n) is 5.23. The van der Waals surface area contributed by atoms with Crippen LogP contribution in [-0.2, 0) is 4.79 Å². The van der Waals surface area contributed by atoms with Gasteiger partial charge in [0.1, 0.15) is 0 Å². The lowest BCUT2D eigenvalue weighted by Crippen LogP contribution is -2.26. The van der Waals surface area contributed by atoms with Gasteiger partial charge >= 0.3 is 0 Å². The Morgan fingerprint density at radius 1 is 0.842 bits per heavy atom. The monoisotopic (exact) mass is 287 g/mol. The molecule has 0 aromatic carbocycles. The second kappa shape index (κ2) is 15.9. The highest BCUT2D eigenvalue weighted by Gasteiger charge is 2.00. The molecule has 0 saturated heterocycles. The zero-order valence-corrected chi connectivity index (χ0v) is 13.8. The summed E-state index contributed by atoms with van der Waals surface area (Å²) in [5.74, 6) is 1.98. The molecule has 0 fully saturated rings. The van der Waals surface area contributed by atoms with Crippen LogP contribution in [0.1, 0.15) is 78.1 Å². The van der Waals surface area contributed by atoms with E-state index >= 15 is 0 Å². The summed E-state index contributed by atoms with van der Waals surface area (Å²) in [5, 5.41) is 2.95. The zero-order chi connectivity index (χ0) is 14.2. The van der Waals surface area contributed by atoms with Crippen LogP contribution in [0.3, 0.4) is 0 Å². The van der Waals surface area contributed by atoms with E-state index in [1.165, 1.54) is 51.4 Å². The molecule has 0 atom stereocenters. The molecule has 0 heterocycles. The summed E-state index contributed by atoms with van der Waals surface area (Å²) >= 11 is 1.78. The molecular formula is C16H33NOS. The molecule has 0 aliphatic heterocycles. The zero-order valence-electron chi connectivity index (χ0n) is 13.0. The largest absolute Gasteiger partial charge is 0.355 e. The van der Waals surface area contributed by atoms with E-state index in [1.807, 2.05) is 0 Å². The number of rotatable bonds is 14. The van der Waals surface area contributed by atoms with Gasteiger partial charge < -0.3 is 5.32 Å². The average molecular weight is 288 g/mol. The highest BCUT2D eigenvalue weighted by atomic mass is 32.2. The van der Waals surface area contributed by atoms with Crippen molar-refractivity contribution in [3.05, 3.63) is 0 Å². The maximum absolute atomic E-state index is 11.4. The predicted octanol–water partition coefficient (Wildman–Crippen LogP) is 4.78. The van der Waals surface area contributed by atoms with E-state index in [2.05, 4.69) is 19.2 Å². The van der Waals surface area contributed by atoms with Gasteiger partial charge in [-0.15, -0.1) is 0 Å². The van der Waals surface area contributed by atoms with Crippen LogP contribution in [0, 0.1) is 0 Å². The smallest absolute Gasteiger partial charge is 0.229 e. The maximum Gasteiger partial charge on any atom is 0.229 e. The van der Waals surface area contributed by atoms with E-state index in [9.17, 15) is 4.79 Å². The van der Waals surface area contributed by atoms with Gasteiger partial charge in [-0.2, -0.15) is 11.8 Å². The molecule has 1 N–H and O–H groups in total.